The average molecular weight is 336 g/mol. The fraction of sp³-hybridized carbons (Fsp3) is 0.133. The highest BCUT2D eigenvalue weighted by atomic mass is 35.5. The highest BCUT2D eigenvalue weighted by molar-refractivity contribution is 6.23. The zero-order valence-corrected chi connectivity index (χ0v) is 12.7. The molecule has 7 nitrogen and oxygen atoms in total. The van der Waals surface area contributed by atoms with Crippen LogP contribution in [0.5, 0.6) is 5.75 Å². The molecule has 0 saturated heterocycles. The van der Waals surface area contributed by atoms with Crippen molar-refractivity contribution in [1.82, 2.24) is 5.32 Å². The number of hydrogen-bond donors (Lipinski definition) is 2. The first-order chi connectivity index (χ1) is 11.1. The predicted octanol–water partition coefficient (Wildman–Crippen LogP) is 2.97. The van der Waals surface area contributed by atoms with Crippen LogP contribution in [0.25, 0.3) is 0 Å². The van der Waals surface area contributed by atoms with Gasteiger partial charge in [-0.25, -0.2) is 0 Å². The molecule has 0 aliphatic carbocycles. The Morgan fingerprint density at radius 2 is 1.96 bits per heavy atom. The van der Waals surface area contributed by atoms with Gasteiger partial charge in [0.2, 0.25) is 0 Å². The summed E-state index contributed by atoms with van der Waals surface area (Å²) in [5, 5.41) is 13.3. The molecule has 8 heteroatoms. The summed E-state index contributed by atoms with van der Waals surface area (Å²) in [4.78, 5) is 24.5. The maximum Gasteiger partial charge on any atom is 0.270 e. The summed E-state index contributed by atoms with van der Waals surface area (Å²) >= 11 is 5.45. The van der Waals surface area contributed by atoms with E-state index in [0.717, 1.165) is 5.69 Å². The number of anilines is 1. The molecule has 0 unspecified atom stereocenters. The van der Waals surface area contributed by atoms with Crippen LogP contribution in [0.1, 0.15) is 10.4 Å². The Bertz CT molecular complexity index is 691. The summed E-state index contributed by atoms with van der Waals surface area (Å²) in [5.74, 6) is 0.254. The van der Waals surface area contributed by atoms with E-state index >= 15 is 0 Å². The number of halogens is 1. The monoisotopic (exact) mass is 335 g/mol. The van der Waals surface area contributed by atoms with Crippen LogP contribution in [-0.4, -0.2) is 24.0 Å². The highest BCUT2D eigenvalue weighted by Gasteiger charge is 2.10. The van der Waals surface area contributed by atoms with Crippen molar-refractivity contribution < 1.29 is 14.5 Å². The van der Waals surface area contributed by atoms with Gasteiger partial charge in [-0.3, -0.25) is 19.7 Å². The summed E-state index contributed by atoms with van der Waals surface area (Å²) in [6, 6.07) is 12.5. The number of amides is 1. The van der Waals surface area contributed by atoms with Gasteiger partial charge < -0.3 is 10.1 Å². The Morgan fingerprint density at radius 3 is 2.61 bits per heavy atom. The fourth-order valence-corrected chi connectivity index (χ4v) is 1.94. The predicted molar refractivity (Wildman–Crippen MR) is 86.8 cm³/mol. The van der Waals surface area contributed by atoms with Gasteiger partial charge in [0.25, 0.3) is 11.6 Å². The molecule has 2 N–H and O–H groups in total. The minimum Gasteiger partial charge on any atom is -0.492 e. The van der Waals surface area contributed by atoms with E-state index in [1.807, 2.05) is 0 Å². The quantitative estimate of drug-likeness (QED) is 0.351. The number of nitro groups is 1. The zero-order valence-electron chi connectivity index (χ0n) is 12.0. The van der Waals surface area contributed by atoms with Crippen molar-refractivity contribution in [2.24, 2.45) is 0 Å². The molecule has 2 rings (SSSR count). The molecule has 2 aromatic carbocycles. The van der Waals surface area contributed by atoms with Gasteiger partial charge in [0, 0.05) is 35.2 Å². The summed E-state index contributed by atoms with van der Waals surface area (Å²) in [5.41, 5.74) is 0.858. The lowest BCUT2D eigenvalue weighted by Crippen LogP contribution is -2.28. The first-order valence-corrected chi connectivity index (χ1v) is 7.10. The van der Waals surface area contributed by atoms with Crippen molar-refractivity contribution in [2.45, 2.75) is 0 Å². The number of rotatable bonds is 7. The molecule has 0 radical (unpaired) electrons. The third kappa shape index (κ3) is 4.86. The first kappa shape index (κ1) is 16.6. The number of ether oxygens (including phenoxy) is 1. The number of carbonyl (C=O) groups is 1. The number of nitrogens with zero attached hydrogens (tertiary/aromatic N) is 1. The highest BCUT2D eigenvalue weighted by Crippen LogP contribution is 2.16. The van der Waals surface area contributed by atoms with Crippen LogP contribution in [0.4, 0.5) is 11.4 Å². The van der Waals surface area contributed by atoms with Crippen LogP contribution < -0.4 is 14.9 Å². The summed E-state index contributed by atoms with van der Waals surface area (Å²) < 4.78 is 5.46. The zero-order chi connectivity index (χ0) is 16.7. The van der Waals surface area contributed by atoms with E-state index in [2.05, 4.69) is 10.2 Å². The molecule has 2 aromatic rings. The maximum absolute atomic E-state index is 11.9. The molecule has 0 spiro atoms. The van der Waals surface area contributed by atoms with Gasteiger partial charge in [0.15, 0.2) is 0 Å². The van der Waals surface area contributed by atoms with Crippen LogP contribution in [0.2, 0.25) is 0 Å². The summed E-state index contributed by atoms with van der Waals surface area (Å²) in [7, 11) is 0. The van der Waals surface area contributed by atoms with Gasteiger partial charge in [0.1, 0.15) is 12.4 Å². The minimum atomic E-state index is -0.542. The van der Waals surface area contributed by atoms with Crippen LogP contribution in [0, 0.1) is 10.1 Å². The molecule has 23 heavy (non-hydrogen) atoms. The van der Waals surface area contributed by atoms with Gasteiger partial charge >= 0.3 is 0 Å². The lowest BCUT2D eigenvalue weighted by atomic mass is 10.2. The van der Waals surface area contributed by atoms with Crippen molar-refractivity contribution in [3.8, 4) is 5.75 Å². The number of nitrogens with one attached hydrogen (secondary N) is 2. The number of non-ortho nitro benzene ring substituents is 1. The summed E-state index contributed by atoms with van der Waals surface area (Å²) in [6.07, 6.45) is 0. The molecule has 1 amide bonds. The second kappa shape index (κ2) is 8.00. The van der Waals surface area contributed by atoms with Crippen molar-refractivity contribution in [2.75, 3.05) is 18.0 Å². The summed E-state index contributed by atoms with van der Waals surface area (Å²) in [6.45, 7) is 0.547. The molecule has 0 aliphatic rings. The van der Waals surface area contributed by atoms with Crippen LogP contribution >= 0.6 is 11.8 Å². The third-order valence-corrected chi connectivity index (χ3v) is 3.16. The molecule has 0 fully saturated rings. The minimum absolute atomic E-state index is 0.123. The number of carbonyl (C=O) groups excluding carboxylic acids is 1. The van der Waals surface area contributed by atoms with Crippen molar-refractivity contribution in [3.05, 3.63) is 64.2 Å². The van der Waals surface area contributed by atoms with Gasteiger partial charge in [0.05, 0.1) is 11.5 Å². The van der Waals surface area contributed by atoms with Crippen molar-refractivity contribution in [1.29, 1.82) is 0 Å². The lowest BCUT2D eigenvalue weighted by molar-refractivity contribution is -0.384. The van der Waals surface area contributed by atoms with Gasteiger partial charge in [-0.05, 0) is 30.3 Å². The Morgan fingerprint density at radius 1 is 1.22 bits per heavy atom. The Hall–Kier alpha value is -2.80. The van der Waals surface area contributed by atoms with E-state index in [1.54, 1.807) is 24.3 Å². The van der Waals surface area contributed by atoms with Gasteiger partial charge in [-0.1, -0.05) is 6.07 Å². The van der Waals surface area contributed by atoms with Crippen molar-refractivity contribution >= 4 is 29.1 Å². The molecule has 0 aliphatic heterocycles. The standard InChI is InChI=1S/C15H14ClN3O4/c16-18-12-4-6-14(7-5-12)23-9-8-17-15(20)11-2-1-3-13(10-11)19(21)22/h1-7,10,18H,8-9H2,(H,17,20). The topological polar surface area (TPSA) is 93.5 Å². The van der Waals surface area contributed by atoms with E-state index < -0.39 is 4.92 Å². The molecule has 0 heterocycles. The van der Waals surface area contributed by atoms with E-state index in [4.69, 9.17) is 16.5 Å². The van der Waals surface area contributed by atoms with E-state index in [9.17, 15) is 14.9 Å². The van der Waals surface area contributed by atoms with Crippen LogP contribution in [0.15, 0.2) is 48.5 Å². The number of benzene rings is 2. The molecular weight excluding hydrogens is 322 g/mol. The maximum atomic E-state index is 11.9. The Labute approximate surface area is 137 Å². The van der Waals surface area contributed by atoms with Crippen LogP contribution in [0.3, 0.4) is 0 Å². The van der Waals surface area contributed by atoms with Crippen LogP contribution in [-0.2, 0) is 0 Å². The largest absolute Gasteiger partial charge is 0.492 e. The van der Waals surface area contributed by atoms with E-state index in [-0.39, 0.29) is 30.3 Å². The normalized spacial score (nSPS) is 9.96. The molecule has 0 atom stereocenters. The number of hydrogen-bond acceptors (Lipinski definition) is 5. The van der Waals surface area contributed by atoms with Gasteiger partial charge in [-0.15, -0.1) is 0 Å². The first-order valence-electron chi connectivity index (χ1n) is 6.72. The Balaban J connectivity index is 1.80. The third-order valence-electron chi connectivity index (χ3n) is 2.94. The van der Waals surface area contributed by atoms with Crippen molar-refractivity contribution in [3.63, 3.8) is 0 Å². The molecule has 0 saturated carbocycles. The fourth-order valence-electron chi connectivity index (χ4n) is 1.81. The molecule has 120 valence electrons. The van der Waals surface area contributed by atoms with Gasteiger partial charge in [-0.2, -0.15) is 0 Å². The van der Waals surface area contributed by atoms with E-state index in [1.165, 1.54) is 24.3 Å². The number of nitro benzene ring substituents is 1. The SMILES string of the molecule is O=C(NCCOc1ccc(NCl)cc1)c1cccc([N+](=O)[O-])c1. The smallest absolute Gasteiger partial charge is 0.270 e. The van der Waals surface area contributed by atoms with E-state index in [0.29, 0.717) is 5.75 Å². The molecule has 0 bridgehead atoms. The second-order valence-electron chi connectivity index (χ2n) is 4.53. The second-order valence-corrected chi connectivity index (χ2v) is 4.72. The average Bonchev–Trinajstić information content (AvgIpc) is 2.59. The molecule has 0 aromatic heterocycles. The lowest BCUT2D eigenvalue weighted by Gasteiger charge is -2.08. The molecular formula is C15H14ClN3O4. The Kier molecular flexibility index (Phi) is 5.76.